The third-order valence-corrected chi connectivity index (χ3v) is 5.22. The van der Waals surface area contributed by atoms with E-state index in [-0.39, 0.29) is 0 Å². The van der Waals surface area contributed by atoms with E-state index in [0.29, 0.717) is 22.8 Å². The van der Waals surface area contributed by atoms with Crippen molar-refractivity contribution in [2.24, 2.45) is 0 Å². The van der Waals surface area contributed by atoms with E-state index in [1.54, 1.807) is 31.2 Å². The number of aliphatic carboxylic acids is 1. The predicted octanol–water partition coefficient (Wildman–Crippen LogP) is 2.92. The maximum atomic E-state index is 12.6. The van der Waals surface area contributed by atoms with E-state index in [9.17, 15) is 24.3 Å². The predicted molar refractivity (Wildman–Crippen MR) is 120 cm³/mol. The van der Waals surface area contributed by atoms with Gasteiger partial charge in [0.25, 0.3) is 5.91 Å². The smallest absolute Gasteiger partial charge is 0.316 e. The molecule has 33 heavy (non-hydrogen) atoms. The Labute approximate surface area is 191 Å². The van der Waals surface area contributed by atoms with Crippen molar-refractivity contribution in [3.8, 4) is 11.5 Å². The number of carboxylic acid groups (broad SMARTS) is 1. The van der Waals surface area contributed by atoms with E-state index in [1.165, 1.54) is 18.0 Å². The Balaban J connectivity index is 1.75. The molecule has 3 amide bonds. The van der Waals surface area contributed by atoms with Crippen molar-refractivity contribution in [2.45, 2.75) is 32.4 Å². The van der Waals surface area contributed by atoms with E-state index in [0.717, 1.165) is 5.56 Å². The third kappa shape index (κ3) is 5.97. The average molecular weight is 451 g/mol. The molecule has 9 nitrogen and oxygen atoms in total. The topological polar surface area (TPSA) is 125 Å². The van der Waals surface area contributed by atoms with Crippen molar-refractivity contribution in [1.82, 2.24) is 15.5 Å². The minimum Gasteiger partial charge on any atom is -0.481 e. The average Bonchev–Trinajstić information content (AvgIpc) is 2.76. The normalized spacial score (nSPS) is 16.6. The van der Waals surface area contributed by atoms with Gasteiger partial charge >= 0.3 is 12.0 Å². The van der Waals surface area contributed by atoms with Gasteiger partial charge in [-0.3, -0.25) is 14.4 Å². The van der Waals surface area contributed by atoms with Gasteiger partial charge in [-0.1, -0.05) is 29.8 Å². The number of hydrogen-bond donors (Lipinski definition) is 3. The minimum atomic E-state index is -1.37. The molecule has 0 aromatic heterocycles. The highest BCUT2D eigenvalue weighted by Crippen LogP contribution is 2.26. The molecule has 2 unspecified atom stereocenters. The Morgan fingerprint density at radius 3 is 2.45 bits per heavy atom. The molecule has 2 aromatic rings. The fourth-order valence-corrected chi connectivity index (χ4v) is 3.30. The second-order valence-corrected chi connectivity index (χ2v) is 7.77. The lowest BCUT2D eigenvalue weighted by Gasteiger charge is -2.28. The number of likely N-dealkylation sites (N-methyl/N-ethyl adjacent to an activating group) is 1. The number of rotatable bonds is 7. The van der Waals surface area contributed by atoms with E-state index in [4.69, 9.17) is 4.74 Å². The van der Waals surface area contributed by atoms with Crippen LogP contribution in [0.3, 0.4) is 0 Å². The molecule has 0 spiro atoms. The van der Waals surface area contributed by atoms with Crippen molar-refractivity contribution in [3.63, 3.8) is 0 Å². The van der Waals surface area contributed by atoms with Crippen molar-refractivity contribution in [2.75, 3.05) is 7.05 Å². The number of allylic oxidation sites excluding steroid dienone is 1. The fraction of sp³-hybridized carbons (Fsp3) is 0.250. The lowest BCUT2D eigenvalue weighted by molar-refractivity contribution is -0.138. The first-order valence-corrected chi connectivity index (χ1v) is 10.3. The van der Waals surface area contributed by atoms with Gasteiger partial charge in [-0.15, -0.1) is 0 Å². The molecular formula is C24H25N3O6. The molecule has 0 aliphatic carbocycles. The number of carbonyl (C=O) groups is 4. The molecule has 3 rings (SSSR count). The molecule has 0 fully saturated rings. The largest absolute Gasteiger partial charge is 0.481 e. The number of ketones is 1. The zero-order valence-electron chi connectivity index (χ0n) is 18.5. The highest BCUT2D eigenvalue weighted by molar-refractivity contribution is 6.14. The maximum Gasteiger partial charge on any atom is 0.316 e. The Hall–Kier alpha value is -4.14. The minimum absolute atomic E-state index is 0.410. The number of amides is 3. The summed E-state index contributed by atoms with van der Waals surface area (Å²) in [5.41, 5.74) is 2.04. The molecule has 0 radical (unpaired) electrons. The summed E-state index contributed by atoms with van der Waals surface area (Å²) in [4.78, 5) is 49.8. The van der Waals surface area contributed by atoms with Crippen LogP contribution in [0, 0.1) is 6.92 Å². The number of carbonyl (C=O) groups excluding carboxylic acids is 3. The van der Waals surface area contributed by atoms with Gasteiger partial charge in [-0.2, -0.15) is 0 Å². The summed E-state index contributed by atoms with van der Waals surface area (Å²) in [5.74, 6) is -1.17. The Kier molecular flexibility index (Phi) is 7.12. The number of ether oxygens (including phenoxy) is 1. The van der Waals surface area contributed by atoms with Crippen LogP contribution in [0.4, 0.5) is 4.79 Å². The van der Waals surface area contributed by atoms with Crippen LogP contribution in [0.2, 0.25) is 0 Å². The van der Waals surface area contributed by atoms with Crippen LogP contribution in [-0.4, -0.2) is 46.8 Å². The molecule has 0 bridgehead atoms. The summed E-state index contributed by atoms with van der Waals surface area (Å²) in [6.07, 6.45) is 0.861. The van der Waals surface area contributed by atoms with Crippen LogP contribution in [0.15, 0.2) is 60.3 Å². The first-order chi connectivity index (χ1) is 15.6. The zero-order chi connectivity index (χ0) is 24.1. The molecule has 0 saturated heterocycles. The SMILES string of the molecule is CC1=CC(=O)C(NC(=O)NC(CC(=O)O)c2cccc(Oc3ccc(C)cc3)c2)C(=O)N1C. The second kappa shape index (κ2) is 9.99. The van der Waals surface area contributed by atoms with Gasteiger partial charge in [0.2, 0.25) is 0 Å². The van der Waals surface area contributed by atoms with Crippen molar-refractivity contribution in [1.29, 1.82) is 0 Å². The quantitative estimate of drug-likeness (QED) is 0.556. The summed E-state index contributed by atoms with van der Waals surface area (Å²) in [5, 5.41) is 14.2. The van der Waals surface area contributed by atoms with Gasteiger partial charge in [0.15, 0.2) is 11.8 Å². The van der Waals surface area contributed by atoms with Crippen LogP contribution in [0.1, 0.15) is 30.5 Å². The van der Waals surface area contributed by atoms with Crippen molar-refractivity contribution in [3.05, 3.63) is 71.4 Å². The molecule has 1 aliphatic heterocycles. The lowest BCUT2D eigenvalue weighted by Crippen LogP contribution is -2.56. The molecule has 2 atom stereocenters. The van der Waals surface area contributed by atoms with E-state index in [2.05, 4.69) is 10.6 Å². The van der Waals surface area contributed by atoms with Crippen LogP contribution >= 0.6 is 0 Å². The summed E-state index contributed by atoms with van der Waals surface area (Å²) in [7, 11) is 1.50. The van der Waals surface area contributed by atoms with E-state index in [1.807, 2.05) is 31.2 Å². The molecule has 2 aromatic carbocycles. The lowest BCUT2D eigenvalue weighted by atomic mass is 10.0. The van der Waals surface area contributed by atoms with Gasteiger partial charge in [0, 0.05) is 18.8 Å². The van der Waals surface area contributed by atoms with Gasteiger partial charge in [-0.05, 0) is 43.7 Å². The summed E-state index contributed by atoms with van der Waals surface area (Å²) >= 11 is 0. The zero-order valence-corrected chi connectivity index (χ0v) is 18.5. The highest BCUT2D eigenvalue weighted by Gasteiger charge is 2.34. The first kappa shape index (κ1) is 23.5. The van der Waals surface area contributed by atoms with Gasteiger partial charge in [0.05, 0.1) is 12.5 Å². The number of benzene rings is 2. The standard InChI is InChI=1S/C24H25N3O6/c1-14-7-9-17(10-8-14)33-18-6-4-5-16(12-18)19(13-21(29)30)25-24(32)26-22-20(28)11-15(2)27(3)23(22)31/h4-12,19,22H,13H2,1-3H3,(H,29,30)(H2,25,26,32). The number of urea groups is 1. The first-order valence-electron chi connectivity index (χ1n) is 10.3. The van der Waals surface area contributed by atoms with E-state index >= 15 is 0 Å². The maximum absolute atomic E-state index is 12.6. The fourth-order valence-electron chi connectivity index (χ4n) is 3.30. The Bertz CT molecular complexity index is 1110. The molecule has 9 heteroatoms. The monoisotopic (exact) mass is 451 g/mol. The number of nitrogens with one attached hydrogen (secondary N) is 2. The van der Waals surface area contributed by atoms with Crippen LogP contribution in [0.5, 0.6) is 11.5 Å². The molecule has 3 N–H and O–H groups in total. The number of carboxylic acids is 1. The van der Waals surface area contributed by atoms with Crippen molar-refractivity contribution >= 4 is 23.7 Å². The molecule has 1 heterocycles. The van der Waals surface area contributed by atoms with Crippen molar-refractivity contribution < 1.29 is 29.0 Å². The number of nitrogens with zero attached hydrogens (tertiary/aromatic N) is 1. The highest BCUT2D eigenvalue weighted by atomic mass is 16.5. The summed E-state index contributed by atoms with van der Waals surface area (Å²) < 4.78 is 5.83. The van der Waals surface area contributed by atoms with Crippen LogP contribution in [0.25, 0.3) is 0 Å². The summed E-state index contributed by atoms with van der Waals surface area (Å²) in [6, 6.07) is 11.0. The van der Waals surface area contributed by atoms with E-state index < -0.39 is 42.2 Å². The third-order valence-electron chi connectivity index (χ3n) is 5.22. The van der Waals surface area contributed by atoms with Gasteiger partial charge in [-0.25, -0.2) is 4.79 Å². The van der Waals surface area contributed by atoms with Gasteiger partial charge < -0.3 is 25.4 Å². The van der Waals surface area contributed by atoms with Crippen LogP contribution < -0.4 is 15.4 Å². The van der Waals surface area contributed by atoms with Crippen LogP contribution in [-0.2, 0) is 14.4 Å². The van der Waals surface area contributed by atoms with Gasteiger partial charge in [0.1, 0.15) is 11.5 Å². The molecule has 0 saturated carbocycles. The molecule has 1 aliphatic rings. The Morgan fingerprint density at radius 2 is 1.79 bits per heavy atom. The summed E-state index contributed by atoms with van der Waals surface area (Å²) in [6.45, 7) is 3.57. The Morgan fingerprint density at radius 1 is 1.09 bits per heavy atom. The number of aryl methyl sites for hydroxylation is 1. The number of hydrogen-bond acceptors (Lipinski definition) is 5. The molecular weight excluding hydrogens is 426 g/mol. The second-order valence-electron chi connectivity index (χ2n) is 7.77. The molecule has 172 valence electrons.